The van der Waals surface area contributed by atoms with Crippen molar-refractivity contribution in [2.24, 2.45) is 5.41 Å². The lowest BCUT2D eigenvalue weighted by Crippen LogP contribution is -2.46. The molecule has 1 saturated carbocycles. The molecule has 0 radical (unpaired) electrons. The quantitative estimate of drug-likeness (QED) is 0.586. The van der Waals surface area contributed by atoms with Gasteiger partial charge in [0.25, 0.3) is 0 Å². The number of hydrogen-bond donors (Lipinski definition) is 1. The van der Waals surface area contributed by atoms with E-state index in [1.807, 2.05) is 20.8 Å². The van der Waals surface area contributed by atoms with Crippen LogP contribution in [0.4, 0.5) is 0 Å². The number of carbonyl (C=O) groups excluding carboxylic acids is 1. The van der Waals surface area contributed by atoms with Crippen molar-refractivity contribution in [3.8, 4) is 0 Å². The summed E-state index contributed by atoms with van der Waals surface area (Å²) in [6.45, 7) is 5.90. The molecule has 1 rings (SSSR count). The monoisotopic (exact) mass is 309 g/mol. The van der Waals surface area contributed by atoms with Crippen molar-refractivity contribution < 1.29 is 4.79 Å². The van der Waals surface area contributed by atoms with E-state index in [4.69, 9.17) is 0 Å². The fourth-order valence-electron chi connectivity index (χ4n) is 1.63. The SMILES string of the molecule is CC(C)(C)C(=O)N[C@H]1CCCC[C@H]1I. The van der Waals surface area contributed by atoms with E-state index in [9.17, 15) is 4.79 Å². The molecule has 14 heavy (non-hydrogen) atoms. The van der Waals surface area contributed by atoms with Crippen LogP contribution in [-0.4, -0.2) is 15.9 Å². The standard InChI is InChI=1S/C11H20INO/c1-11(2,3)10(14)13-9-7-5-4-6-8(9)12/h8-9H,4-7H2,1-3H3,(H,13,14)/t8-,9+/m1/s1. The number of halogens is 1. The van der Waals surface area contributed by atoms with Gasteiger partial charge < -0.3 is 5.32 Å². The predicted octanol–water partition coefficient (Wildman–Crippen LogP) is 2.89. The van der Waals surface area contributed by atoms with Gasteiger partial charge in [0.1, 0.15) is 0 Å². The van der Waals surface area contributed by atoms with E-state index in [1.165, 1.54) is 19.3 Å². The summed E-state index contributed by atoms with van der Waals surface area (Å²) in [7, 11) is 0. The Morgan fingerprint density at radius 3 is 2.36 bits per heavy atom. The fourth-order valence-corrected chi connectivity index (χ4v) is 2.61. The summed E-state index contributed by atoms with van der Waals surface area (Å²) < 4.78 is 0.618. The molecule has 0 bridgehead atoms. The second-order valence-corrected chi connectivity index (χ2v) is 6.73. The van der Waals surface area contributed by atoms with Gasteiger partial charge in [-0.05, 0) is 12.8 Å². The Kier molecular flexibility index (Phi) is 4.22. The van der Waals surface area contributed by atoms with Gasteiger partial charge >= 0.3 is 0 Å². The summed E-state index contributed by atoms with van der Waals surface area (Å²) in [5.74, 6) is 0.186. The number of nitrogens with one attached hydrogen (secondary N) is 1. The molecule has 0 heterocycles. The first kappa shape index (κ1) is 12.3. The lowest BCUT2D eigenvalue weighted by atomic mass is 9.91. The van der Waals surface area contributed by atoms with Crippen LogP contribution >= 0.6 is 22.6 Å². The maximum Gasteiger partial charge on any atom is 0.225 e. The summed E-state index contributed by atoms with van der Waals surface area (Å²) in [5, 5.41) is 3.16. The topological polar surface area (TPSA) is 29.1 Å². The molecule has 0 aromatic rings. The van der Waals surface area contributed by atoms with Gasteiger partial charge in [-0.2, -0.15) is 0 Å². The molecular weight excluding hydrogens is 289 g/mol. The van der Waals surface area contributed by atoms with Gasteiger partial charge in [0.05, 0.1) is 0 Å². The Hall–Kier alpha value is 0.200. The zero-order valence-electron chi connectivity index (χ0n) is 9.27. The molecule has 2 nitrogen and oxygen atoms in total. The van der Waals surface area contributed by atoms with E-state index in [2.05, 4.69) is 27.9 Å². The molecule has 2 atom stereocenters. The minimum absolute atomic E-state index is 0.186. The highest BCUT2D eigenvalue weighted by atomic mass is 127. The molecule has 1 aliphatic carbocycles. The third-order valence-corrected chi connectivity index (χ3v) is 4.17. The van der Waals surface area contributed by atoms with Crippen molar-refractivity contribution in [1.29, 1.82) is 0 Å². The molecule has 0 aromatic heterocycles. The predicted molar refractivity (Wildman–Crippen MR) is 67.7 cm³/mol. The number of amides is 1. The smallest absolute Gasteiger partial charge is 0.225 e. The van der Waals surface area contributed by atoms with Gasteiger partial charge in [-0.25, -0.2) is 0 Å². The average molecular weight is 309 g/mol. The van der Waals surface area contributed by atoms with E-state index in [-0.39, 0.29) is 11.3 Å². The first-order valence-electron chi connectivity index (χ1n) is 5.36. The van der Waals surface area contributed by atoms with Gasteiger partial charge in [0.15, 0.2) is 0 Å². The van der Waals surface area contributed by atoms with Gasteiger partial charge in [-0.3, -0.25) is 4.79 Å². The summed E-state index contributed by atoms with van der Waals surface area (Å²) >= 11 is 2.47. The summed E-state index contributed by atoms with van der Waals surface area (Å²) in [5.41, 5.74) is -0.256. The highest BCUT2D eigenvalue weighted by molar-refractivity contribution is 14.1. The highest BCUT2D eigenvalue weighted by Gasteiger charge is 2.28. The normalized spacial score (nSPS) is 28.6. The molecule has 1 aliphatic rings. The molecule has 1 N–H and O–H groups in total. The number of rotatable bonds is 1. The molecule has 0 unspecified atom stereocenters. The van der Waals surface area contributed by atoms with Gasteiger partial charge in [-0.15, -0.1) is 0 Å². The second kappa shape index (κ2) is 4.81. The van der Waals surface area contributed by atoms with Crippen LogP contribution in [0.5, 0.6) is 0 Å². The Morgan fingerprint density at radius 2 is 1.86 bits per heavy atom. The summed E-state index contributed by atoms with van der Waals surface area (Å²) in [4.78, 5) is 11.8. The Labute approximate surface area is 100 Å². The van der Waals surface area contributed by atoms with Crippen LogP contribution < -0.4 is 5.32 Å². The average Bonchev–Trinajstić information content (AvgIpc) is 2.07. The molecule has 82 valence electrons. The van der Waals surface area contributed by atoms with E-state index >= 15 is 0 Å². The van der Waals surface area contributed by atoms with E-state index < -0.39 is 0 Å². The van der Waals surface area contributed by atoms with Crippen LogP contribution in [0.2, 0.25) is 0 Å². The van der Waals surface area contributed by atoms with Crippen LogP contribution in [0.25, 0.3) is 0 Å². The van der Waals surface area contributed by atoms with Crippen LogP contribution in [0.3, 0.4) is 0 Å². The first-order valence-corrected chi connectivity index (χ1v) is 6.61. The van der Waals surface area contributed by atoms with Crippen molar-refractivity contribution in [2.45, 2.75) is 56.4 Å². The van der Waals surface area contributed by atoms with E-state index in [1.54, 1.807) is 0 Å². The first-order chi connectivity index (χ1) is 6.41. The number of carbonyl (C=O) groups is 1. The lowest BCUT2D eigenvalue weighted by Gasteiger charge is -2.30. The third-order valence-electron chi connectivity index (χ3n) is 2.68. The van der Waals surface area contributed by atoms with Crippen LogP contribution in [0, 0.1) is 5.41 Å². The Bertz CT molecular complexity index is 210. The maximum atomic E-state index is 11.8. The molecule has 1 amide bonds. The zero-order chi connectivity index (χ0) is 10.8. The van der Waals surface area contributed by atoms with Gasteiger partial charge in [-0.1, -0.05) is 56.2 Å². The molecule has 0 saturated heterocycles. The lowest BCUT2D eigenvalue weighted by molar-refractivity contribution is -0.129. The zero-order valence-corrected chi connectivity index (χ0v) is 11.4. The third kappa shape index (κ3) is 3.41. The van der Waals surface area contributed by atoms with Crippen molar-refractivity contribution >= 4 is 28.5 Å². The molecule has 0 aliphatic heterocycles. The van der Waals surface area contributed by atoms with Gasteiger partial charge in [0.2, 0.25) is 5.91 Å². The summed E-state index contributed by atoms with van der Waals surface area (Å²) in [6, 6.07) is 0.399. The van der Waals surface area contributed by atoms with Crippen LogP contribution in [-0.2, 0) is 4.79 Å². The van der Waals surface area contributed by atoms with Crippen LogP contribution in [0.1, 0.15) is 46.5 Å². The van der Waals surface area contributed by atoms with Crippen molar-refractivity contribution in [2.75, 3.05) is 0 Å². The molecule has 1 fully saturated rings. The maximum absolute atomic E-state index is 11.8. The van der Waals surface area contributed by atoms with Crippen molar-refractivity contribution in [1.82, 2.24) is 5.32 Å². The minimum atomic E-state index is -0.256. The van der Waals surface area contributed by atoms with E-state index in [0.717, 1.165) is 6.42 Å². The Balaban J connectivity index is 2.46. The highest BCUT2D eigenvalue weighted by Crippen LogP contribution is 2.26. The fraction of sp³-hybridized carbons (Fsp3) is 0.909. The molecule has 0 spiro atoms. The van der Waals surface area contributed by atoms with E-state index in [0.29, 0.717) is 9.97 Å². The van der Waals surface area contributed by atoms with Crippen molar-refractivity contribution in [3.63, 3.8) is 0 Å². The second-order valence-electron chi connectivity index (χ2n) is 5.13. The minimum Gasteiger partial charge on any atom is -0.352 e. The van der Waals surface area contributed by atoms with Crippen LogP contribution in [0.15, 0.2) is 0 Å². The van der Waals surface area contributed by atoms with Gasteiger partial charge in [0, 0.05) is 15.4 Å². The summed E-state index contributed by atoms with van der Waals surface area (Å²) in [6.07, 6.45) is 4.97. The number of hydrogen-bond acceptors (Lipinski definition) is 1. The molecule has 3 heteroatoms. The molecule has 0 aromatic carbocycles. The van der Waals surface area contributed by atoms with Crippen molar-refractivity contribution in [3.05, 3.63) is 0 Å². The number of alkyl halides is 1. The molecular formula is C11H20INO. The largest absolute Gasteiger partial charge is 0.352 e. The Morgan fingerprint density at radius 1 is 1.29 bits per heavy atom.